The van der Waals surface area contributed by atoms with Gasteiger partial charge in [0.2, 0.25) is 5.91 Å². The van der Waals surface area contributed by atoms with E-state index in [0.717, 1.165) is 10.9 Å². The van der Waals surface area contributed by atoms with Gasteiger partial charge in [-0.2, -0.15) is 5.26 Å². The lowest BCUT2D eigenvalue weighted by Gasteiger charge is -2.16. The number of amides is 2. The average molecular weight is 296 g/mol. The van der Waals surface area contributed by atoms with Crippen LogP contribution in [0.25, 0.3) is 10.9 Å². The van der Waals surface area contributed by atoms with E-state index in [4.69, 9.17) is 11.0 Å². The first-order chi connectivity index (χ1) is 10.5. The molecule has 0 aliphatic rings. The van der Waals surface area contributed by atoms with E-state index >= 15 is 0 Å². The van der Waals surface area contributed by atoms with Gasteiger partial charge in [-0.05, 0) is 25.5 Å². The van der Waals surface area contributed by atoms with Crippen LogP contribution in [0.2, 0.25) is 0 Å². The second-order valence-electron chi connectivity index (χ2n) is 5.11. The van der Waals surface area contributed by atoms with Gasteiger partial charge >= 0.3 is 0 Å². The number of nitrogens with two attached hydrogens (primary N) is 1. The number of carbonyl (C=O) groups excluding carboxylic acids is 2. The molecule has 22 heavy (non-hydrogen) atoms. The van der Waals surface area contributed by atoms with Crippen LogP contribution in [0.15, 0.2) is 36.5 Å². The van der Waals surface area contributed by atoms with E-state index in [1.165, 1.54) is 6.20 Å². The monoisotopic (exact) mass is 296 g/mol. The predicted octanol–water partition coefficient (Wildman–Crippen LogP) is 1.37. The van der Waals surface area contributed by atoms with Gasteiger partial charge < -0.3 is 11.1 Å². The Bertz CT molecular complexity index is 751. The summed E-state index contributed by atoms with van der Waals surface area (Å²) in [7, 11) is 0. The van der Waals surface area contributed by atoms with Crippen molar-refractivity contribution in [3.8, 4) is 6.07 Å². The maximum atomic E-state index is 12.2. The fourth-order valence-corrected chi connectivity index (χ4v) is 2.09. The number of aromatic nitrogens is 1. The summed E-state index contributed by atoms with van der Waals surface area (Å²) in [5, 5.41) is 12.2. The van der Waals surface area contributed by atoms with Crippen molar-refractivity contribution < 1.29 is 9.59 Å². The van der Waals surface area contributed by atoms with Crippen LogP contribution in [0.1, 0.15) is 23.7 Å². The van der Waals surface area contributed by atoms with Gasteiger partial charge in [0.15, 0.2) is 0 Å². The molecule has 112 valence electrons. The zero-order valence-corrected chi connectivity index (χ0v) is 12.1. The third kappa shape index (κ3) is 3.58. The topological polar surface area (TPSA) is 109 Å². The molecular formula is C16H16N4O2. The molecule has 1 heterocycles. The highest BCUT2D eigenvalue weighted by molar-refractivity contribution is 5.99. The molecule has 6 nitrogen and oxygen atoms in total. The molecule has 2 rings (SSSR count). The molecule has 3 N–H and O–H groups in total. The van der Waals surface area contributed by atoms with Crippen molar-refractivity contribution in [3.63, 3.8) is 0 Å². The Balaban J connectivity index is 2.18. The second-order valence-corrected chi connectivity index (χ2v) is 5.11. The van der Waals surface area contributed by atoms with E-state index in [9.17, 15) is 9.59 Å². The largest absolute Gasteiger partial charge is 0.368 e. The Kier molecular flexibility index (Phi) is 4.69. The molecule has 1 aromatic heterocycles. The normalized spacial score (nSPS) is 13.1. The van der Waals surface area contributed by atoms with E-state index in [2.05, 4.69) is 10.3 Å². The number of para-hydroxylation sites is 1. The van der Waals surface area contributed by atoms with Gasteiger partial charge in [0.25, 0.3) is 5.91 Å². The fraction of sp³-hybridized carbons (Fsp3) is 0.250. The van der Waals surface area contributed by atoms with Gasteiger partial charge in [0, 0.05) is 17.5 Å². The van der Waals surface area contributed by atoms with Gasteiger partial charge in [0.05, 0.1) is 17.1 Å². The van der Waals surface area contributed by atoms with Gasteiger partial charge in [0.1, 0.15) is 6.04 Å². The van der Waals surface area contributed by atoms with Crippen LogP contribution >= 0.6 is 0 Å². The Morgan fingerprint density at radius 2 is 2.14 bits per heavy atom. The van der Waals surface area contributed by atoms with Crippen molar-refractivity contribution in [2.45, 2.75) is 19.4 Å². The minimum Gasteiger partial charge on any atom is -0.368 e. The van der Waals surface area contributed by atoms with E-state index in [1.807, 2.05) is 30.3 Å². The van der Waals surface area contributed by atoms with Crippen LogP contribution in [0, 0.1) is 17.2 Å². The molecule has 0 aliphatic heterocycles. The maximum Gasteiger partial charge on any atom is 0.253 e. The number of nitriles is 1. The van der Waals surface area contributed by atoms with Gasteiger partial charge in [-0.1, -0.05) is 18.2 Å². The fourth-order valence-electron chi connectivity index (χ4n) is 2.09. The van der Waals surface area contributed by atoms with Crippen molar-refractivity contribution in [1.29, 1.82) is 5.26 Å². The first-order valence-electron chi connectivity index (χ1n) is 6.86. The number of hydrogen-bond donors (Lipinski definition) is 2. The molecule has 0 radical (unpaired) electrons. The highest BCUT2D eigenvalue weighted by Gasteiger charge is 2.21. The van der Waals surface area contributed by atoms with E-state index < -0.39 is 17.9 Å². The van der Waals surface area contributed by atoms with Gasteiger partial charge in [-0.15, -0.1) is 0 Å². The van der Waals surface area contributed by atoms with Crippen molar-refractivity contribution in [1.82, 2.24) is 10.3 Å². The quantitative estimate of drug-likeness (QED) is 0.868. The summed E-state index contributed by atoms with van der Waals surface area (Å²) in [6.07, 6.45) is 1.63. The minimum absolute atomic E-state index is 0.179. The summed E-state index contributed by atoms with van der Waals surface area (Å²) in [6, 6.07) is 10.2. The second kappa shape index (κ2) is 6.68. The lowest BCUT2D eigenvalue weighted by atomic mass is 10.0. The Hall–Kier alpha value is -2.94. The standard InChI is InChI=1S/C16H16N4O2/c1-10(8-17)6-14(15(18)21)20-16(22)12-7-11-4-2-3-5-13(11)19-9-12/h2-5,7,9-10,14H,6H2,1H3,(H2,18,21)(H,20,22)/t10-,14+/m1/s1. The number of pyridine rings is 1. The number of fused-ring (bicyclic) bond motifs is 1. The highest BCUT2D eigenvalue weighted by atomic mass is 16.2. The first-order valence-corrected chi connectivity index (χ1v) is 6.86. The lowest BCUT2D eigenvalue weighted by Crippen LogP contribution is -2.45. The Labute approximate surface area is 127 Å². The predicted molar refractivity (Wildman–Crippen MR) is 81.6 cm³/mol. The summed E-state index contributed by atoms with van der Waals surface area (Å²) >= 11 is 0. The summed E-state index contributed by atoms with van der Waals surface area (Å²) in [4.78, 5) is 27.8. The summed E-state index contributed by atoms with van der Waals surface area (Å²) in [6.45, 7) is 1.67. The molecule has 0 aliphatic carbocycles. The number of hydrogen-bond acceptors (Lipinski definition) is 4. The zero-order chi connectivity index (χ0) is 16.1. The first kappa shape index (κ1) is 15.4. The maximum absolute atomic E-state index is 12.2. The molecule has 0 saturated carbocycles. The van der Waals surface area contributed by atoms with Crippen LogP contribution in [-0.4, -0.2) is 22.8 Å². The van der Waals surface area contributed by atoms with Crippen LogP contribution in [-0.2, 0) is 4.79 Å². The third-order valence-corrected chi connectivity index (χ3v) is 3.31. The van der Waals surface area contributed by atoms with Crippen LogP contribution < -0.4 is 11.1 Å². The average Bonchev–Trinajstić information content (AvgIpc) is 2.53. The highest BCUT2D eigenvalue weighted by Crippen LogP contribution is 2.13. The van der Waals surface area contributed by atoms with E-state index in [0.29, 0.717) is 5.56 Å². The van der Waals surface area contributed by atoms with Crippen LogP contribution in [0.3, 0.4) is 0 Å². The zero-order valence-electron chi connectivity index (χ0n) is 12.1. The molecule has 0 spiro atoms. The molecule has 2 amide bonds. The molecule has 0 fully saturated rings. The minimum atomic E-state index is -0.881. The molecular weight excluding hydrogens is 280 g/mol. The Morgan fingerprint density at radius 3 is 2.82 bits per heavy atom. The SMILES string of the molecule is C[C@@H](C#N)C[C@H](NC(=O)c1cnc2ccccc2c1)C(N)=O. The van der Waals surface area contributed by atoms with Crippen molar-refractivity contribution in [2.75, 3.05) is 0 Å². The van der Waals surface area contributed by atoms with Crippen molar-refractivity contribution >= 4 is 22.7 Å². The third-order valence-electron chi connectivity index (χ3n) is 3.31. The van der Waals surface area contributed by atoms with Crippen molar-refractivity contribution in [2.24, 2.45) is 11.7 Å². The molecule has 0 saturated heterocycles. The molecule has 0 unspecified atom stereocenters. The Morgan fingerprint density at radius 1 is 1.41 bits per heavy atom. The number of nitrogens with one attached hydrogen (secondary N) is 1. The number of carbonyl (C=O) groups is 2. The number of rotatable bonds is 5. The van der Waals surface area contributed by atoms with Crippen LogP contribution in [0.5, 0.6) is 0 Å². The number of benzene rings is 1. The number of nitrogens with zero attached hydrogens (tertiary/aromatic N) is 2. The van der Waals surface area contributed by atoms with Crippen LogP contribution in [0.4, 0.5) is 0 Å². The van der Waals surface area contributed by atoms with E-state index in [-0.39, 0.29) is 12.3 Å². The smallest absolute Gasteiger partial charge is 0.253 e. The molecule has 6 heteroatoms. The van der Waals surface area contributed by atoms with Crippen molar-refractivity contribution in [3.05, 3.63) is 42.1 Å². The molecule has 0 bridgehead atoms. The lowest BCUT2D eigenvalue weighted by molar-refractivity contribution is -0.120. The summed E-state index contributed by atoms with van der Waals surface area (Å²) in [5.74, 6) is -1.48. The number of primary amides is 1. The molecule has 2 atom stereocenters. The summed E-state index contributed by atoms with van der Waals surface area (Å²) < 4.78 is 0. The van der Waals surface area contributed by atoms with Gasteiger partial charge in [-0.3, -0.25) is 14.6 Å². The summed E-state index contributed by atoms with van der Waals surface area (Å²) in [5.41, 5.74) is 6.40. The van der Waals surface area contributed by atoms with Gasteiger partial charge in [-0.25, -0.2) is 0 Å². The van der Waals surface area contributed by atoms with E-state index in [1.54, 1.807) is 13.0 Å². The molecule has 2 aromatic rings. The molecule has 1 aromatic carbocycles.